The van der Waals surface area contributed by atoms with Gasteiger partial charge in [0.1, 0.15) is 0 Å². The number of nitrogens with zero attached hydrogens (tertiary/aromatic N) is 2. The maximum atomic E-state index is 2.54. The molecule has 0 saturated heterocycles. The van der Waals surface area contributed by atoms with Crippen molar-refractivity contribution in [2.75, 3.05) is 4.90 Å². The van der Waals surface area contributed by atoms with Crippen LogP contribution >= 0.6 is 0 Å². The molecule has 1 heterocycles. The molecule has 322 valence electrons. The molecule has 14 rings (SSSR count). The summed E-state index contributed by atoms with van der Waals surface area (Å²) < 4.78 is 2.39. The number of hydrogen-bond acceptors (Lipinski definition) is 1. The SMILES string of the molecule is Cc1ccc2c(c1)C1(c3ccccc3-c3ccccc31)c1cc(N(c3ccc(-c4ccc5c(c4)c4ccccc4n5-c4ccccc4)cc3)c3ccc4c(c3)C(C)(C)c3ccccc3-4)cc(C)c1-2. The highest BCUT2D eigenvalue weighted by Crippen LogP contribution is 2.64. The molecule has 0 N–H and O–H groups in total. The number of fused-ring (bicyclic) bond motifs is 16. The summed E-state index contributed by atoms with van der Waals surface area (Å²) in [4.78, 5) is 2.52. The Morgan fingerprint density at radius 1 is 0.368 bits per heavy atom. The molecule has 0 saturated carbocycles. The van der Waals surface area contributed by atoms with Crippen LogP contribution in [0.25, 0.3) is 72.0 Å². The van der Waals surface area contributed by atoms with E-state index in [1.54, 1.807) is 0 Å². The van der Waals surface area contributed by atoms with Crippen molar-refractivity contribution in [1.29, 1.82) is 0 Å². The first-order chi connectivity index (χ1) is 33.3. The van der Waals surface area contributed by atoms with E-state index in [1.165, 1.54) is 117 Å². The van der Waals surface area contributed by atoms with Crippen molar-refractivity contribution in [2.24, 2.45) is 0 Å². The molecule has 1 spiro atoms. The quantitative estimate of drug-likeness (QED) is 0.167. The van der Waals surface area contributed by atoms with E-state index >= 15 is 0 Å². The molecule has 68 heavy (non-hydrogen) atoms. The van der Waals surface area contributed by atoms with Gasteiger partial charge in [0.2, 0.25) is 0 Å². The summed E-state index contributed by atoms with van der Waals surface area (Å²) in [5.74, 6) is 0. The van der Waals surface area contributed by atoms with E-state index < -0.39 is 5.41 Å². The Labute approximate surface area is 398 Å². The van der Waals surface area contributed by atoms with Crippen molar-refractivity contribution >= 4 is 38.9 Å². The third kappa shape index (κ3) is 5.23. The van der Waals surface area contributed by atoms with Gasteiger partial charge in [-0.15, -0.1) is 0 Å². The van der Waals surface area contributed by atoms with Gasteiger partial charge in [-0.1, -0.05) is 171 Å². The Morgan fingerprint density at radius 3 is 1.69 bits per heavy atom. The zero-order valence-electron chi connectivity index (χ0n) is 38.7. The fraction of sp³-hybridized carbons (Fsp3) is 0.0909. The molecule has 3 aliphatic carbocycles. The average molecular weight is 869 g/mol. The normalized spacial score (nSPS) is 14.1. The predicted molar refractivity (Wildman–Crippen MR) is 284 cm³/mol. The minimum absolute atomic E-state index is 0.144. The highest BCUT2D eigenvalue weighted by atomic mass is 15.1. The third-order valence-electron chi connectivity index (χ3n) is 15.8. The van der Waals surface area contributed by atoms with Crippen LogP contribution in [0.15, 0.2) is 218 Å². The fourth-order valence-corrected chi connectivity index (χ4v) is 12.8. The summed E-state index contributed by atoms with van der Waals surface area (Å²) in [5.41, 5.74) is 27.5. The number of aryl methyl sites for hydroxylation is 2. The lowest BCUT2D eigenvalue weighted by molar-refractivity contribution is 0.660. The number of rotatable bonds is 5. The Kier molecular flexibility index (Phi) is 8.12. The Balaban J connectivity index is 0.969. The van der Waals surface area contributed by atoms with Gasteiger partial charge in [-0.25, -0.2) is 0 Å². The van der Waals surface area contributed by atoms with Gasteiger partial charge in [0.15, 0.2) is 0 Å². The van der Waals surface area contributed by atoms with Crippen LogP contribution < -0.4 is 4.90 Å². The predicted octanol–water partition coefficient (Wildman–Crippen LogP) is 17.2. The lowest BCUT2D eigenvalue weighted by Gasteiger charge is -2.33. The van der Waals surface area contributed by atoms with Crippen LogP contribution in [0, 0.1) is 13.8 Å². The molecule has 0 unspecified atom stereocenters. The second kappa shape index (κ2) is 14.2. The van der Waals surface area contributed by atoms with Crippen LogP contribution in [0.1, 0.15) is 58.4 Å². The standard InChI is InChI=1S/C66H48N2/c1-41-26-33-54-60(36-41)66(57-23-13-9-19-50(57)51-20-10-14-24-58(51)66)61-40-48(37-42(2)64(54)61)67(47-32-34-52-49-18-8-12-22-56(49)65(3,4)59(52)39-47)46-30-27-43(28-31-46)44-29-35-63-55(38-44)53-21-11-15-25-62(53)68(63)45-16-6-5-7-17-45/h5-40H,1-4H3. The maximum Gasteiger partial charge on any atom is 0.0726 e. The smallest absolute Gasteiger partial charge is 0.0726 e. The molecule has 2 heteroatoms. The molecule has 0 fully saturated rings. The highest BCUT2D eigenvalue weighted by Gasteiger charge is 2.52. The summed E-state index contributed by atoms with van der Waals surface area (Å²) in [6.07, 6.45) is 0. The Bertz CT molecular complexity index is 3860. The number of para-hydroxylation sites is 2. The van der Waals surface area contributed by atoms with Crippen LogP contribution in [0.2, 0.25) is 0 Å². The zero-order chi connectivity index (χ0) is 45.5. The van der Waals surface area contributed by atoms with Gasteiger partial charge < -0.3 is 9.47 Å². The minimum Gasteiger partial charge on any atom is -0.310 e. The molecule has 10 aromatic carbocycles. The lowest BCUT2D eigenvalue weighted by atomic mass is 9.70. The van der Waals surface area contributed by atoms with E-state index in [0.717, 1.165) is 17.1 Å². The van der Waals surface area contributed by atoms with Crippen molar-refractivity contribution < 1.29 is 0 Å². The second-order valence-corrected chi connectivity index (χ2v) is 19.8. The van der Waals surface area contributed by atoms with E-state index in [4.69, 9.17) is 0 Å². The largest absolute Gasteiger partial charge is 0.310 e. The van der Waals surface area contributed by atoms with Crippen LogP contribution in [0.3, 0.4) is 0 Å². The summed E-state index contributed by atoms with van der Waals surface area (Å²) >= 11 is 0. The van der Waals surface area contributed by atoms with Crippen molar-refractivity contribution in [3.8, 4) is 50.2 Å². The van der Waals surface area contributed by atoms with Gasteiger partial charge in [-0.3, -0.25) is 0 Å². The molecule has 0 aliphatic heterocycles. The zero-order valence-corrected chi connectivity index (χ0v) is 38.7. The topological polar surface area (TPSA) is 8.17 Å². The number of anilines is 3. The van der Waals surface area contributed by atoms with Crippen LogP contribution in [0.5, 0.6) is 0 Å². The molecule has 0 amide bonds. The van der Waals surface area contributed by atoms with Gasteiger partial charge in [-0.2, -0.15) is 0 Å². The van der Waals surface area contributed by atoms with Gasteiger partial charge in [0.25, 0.3) is 0 Å². The first-order valence-corrected chi connectivity index (χ1v) is 24.0. The van der Waals surface area contributed by atoms with Crippen molar-refractivity contribution in [2.45, 2.75) is 38.5 Å². The first kappa shape index (κ1) is 39.0. The number of benzene rings is 10. The number of hydrogen-bond donors (Lipinski definition) is 0. The van der Waals surface area contributed by atoms with E-state index in [0.29, 0.717) is 0 Å². The van der Waals surface area contributed by atoms with E-state index in [1.807, 2.05) is 0 Å². The molecule has 2 nitrogen and oxygen atoms in total. The Hall–Kier alpha value is -8.20. The molecular formula is C66H48N2. The van der Waals surface area contributed by atoms with E-state index in [9.17, 15) is 0 Å². The molecule has 3 aliphatic rings. The molecule has 0 atom stereocenters. The average Bonchev–Trinajstić information content (AvgIpc) is 4.04. The summed E-state index contributed by atoms with van der Waals surface area (Å²) in [5, 5.41) is 2.51. The molecule has 0 bridgehead atoms. The van der Waals surface area contributed by atoms with Crippen molar-refractivity contribution in [3.05, 3.63) is 263 Å². The van der Waals surface area contributed by atoms with Gasteiger partial charge >= 0.3 is 0 Å². The summed E-state index contributed by atoms with van der Waals surface area (Å²) in [6, 6.07) is 82.2. The monoisotopic (exact) mass is 868 g/mol. The summed E-state index contributed by atoms with van der Waals surface area (Å²) in [6.45, 7) is 9.33. The second-order valence-electron chi connectivity index (χ2n) is 19.8. The minimum atomic E-state index is -0.454. The van der Waals surface area contributed by atoms with Gasteiger partial charge in [0, 0.05) is 38.9 Å². The van der Waals surface area contributed by atoms with Gasteiger partial charge in [-0.05, 0) is 164 Å². The van der Waals surface area contributed by atoms with Crippen LogP contribution in [-0.4, -0.2) is 4.57 Å². The van der Waals surface area contributed by atoms with Crippen molar-refractivity contribution in [3.63, 3.8) is 0 Å². The first-order valence-electron chi connectivity index (χ1n) is 24.0. The van der Waals surface area contributed by atoms with Crippen LogP contribution in [0.4, 0.5) is 17.1 Å². The lowest BCUT2D eigenvalue weighted by Crippen LogP contribution is -2.26. The molecule has 1 aromatic heterocycles. The fourth-order valence-electron chi connectivity index (χ4n) is 12.8. The molecule has 0 radical (unpaired) electrons. The molecular weight excluding hydrogens is 821 g/mol. The van der Waals surface area contributed by atoms with Gasteiger partial charge in [0.05, 0.1) is 16.4 Å². The summed E-state index contributed by atoms with van der Waals surface area (Å²) in [7, 11) is 0. The highest BCUT2D eigenvalue weighted by molar-refractivity contribution is 6.10. The van der Waals surface area contributed by atoms with Crippen LogP contribution in [-0.2, 0) is 10.8 Å². The maximum absolute atomic E-state index is 2.54. The molecule has 11 aromatic rings. The van der Waals surface area contributed by atoms with E-state index in [-0.39, 0.29) is 5.41 Å². The van der Waals surface area contributed by atoms with Crippen molar-refractivity contribution in [1.82, 2.24) is 4.57 Å². The van der Waals surface area contributed by atoms with E-state index in [2.05, 4.69) is 256 Å². The Morgan fingerprint density at radius 2 is 0.941 bits per heavy atom. The third-order valence-corrected chi connectivity index (χ3v) is 15.8. The number of aromatic nitrogens is 1.